The van der Waals surface area contributed by atoms with Crippen molar-refractivity contribution in [2.45, 2.75) is 32.6 Å². The highest BCUT2D eigenvalue weighted by atomic mass is 16.5. The molecule has 0 aliphatic heterocycles. The van der Waals surface area contributed by atoms with Crippen LogP contribution in [-0.2, 0) is 14.3 Å². The van der Waals surface area contributed by atoms with E-state index in [4.69, 9.17) is 4.74 Å². The summed E-state index contributed by atoms with van der Waals surface area (Å²) in [5.74, 6) is -0.265. The van der Waals surface area contributed by atoms with E-state index in [0.29, 0.717) is 13.2 Å². The molecule has 1 N–H and O–H groups in total. The third kappa shape index (κ3) is 8.85. The molecule has 1 radical (unpaired) electrons. The van der Waals surface area contributed by atoms with Gasteiger partial charge in [-0.3, -0.25) is 9.59 Å². The van der Waals surface area contributed by atoms with Gasteiger partial charge in [-0.1, -0.05) is 19.8 Å². The normalized spacial score (nSPS) is 9.31. The summed E-state index contributed by atoms with van der Waals surface area (Å²) in [6.45, 7) is 2.87. The molecule has 0 rings (SSSR count). The molecule has 75 valence electrons. The van der Waals surface area contributed by atoms with E-state index in [9.17, 15) is 9.59 Å². The minimum atomic E-state index is -0.265. The van der Waals surface area contributed by atoms with Crippen molar-refractivity contribution in [3.05, 3.63) is 0 Å². The van der Waals surface area contributed by atoms with Crippen LogP contribution in [0.3, 0.4) is 0 Å². The van der Waals surface area contributed by atoms with Crippen LogP contribution in [0.15, 0.2) is 0 Å². The first-order chi connectivity index (χ1) is 6.31. The summed E-state index contributed by atoms with van der Waals surface area (Å²) in [4.78, 5) is 20.6. The number of ether oxygens (including phenoxy) is 1. The molecule has 0 fully saturated rings. The fraction of sp³-hybridized carbons (Fsp3) is 0.778. The Bertz CT molecular complexity index is 148. The number of rotatable bonds is 8. The molecule has 0 unspecified atom stereocenters. The Morgan fingerprint density at radius 3 is 2.85 bits per heavy atom. The molecular formula is C9H16NO3. The fourth-order valence-corrected chi connectivity index (χ4v) is 0.826. The van der Waals surface area contributed by atoms with Gasteiger partial charge in [0.05, 0.1) is 13.0 Å². The van der Waals surface area contributed by atoms with Gasteiger partial charge in [-0.05, 0) is 6.42 Å². The topological polar surface area (TPSA) is 55.4 Å². The van der Waals surface area contributed by atoms with Crippen LogP contribution in [-0.4, -0.2) is 25.5 Å². The van der Waals surface area contributed by atoms with E-state index in [-0.39, 0.29) is 12.4 Å². The Balaban J connectivity index is 3.15. The zero-order valence-corrected chi connectivity index (χ0v) is 7.97. The van der Waals surface area contributed by atoms with Crippen molar-refractivity contribution in [1.29, 1.82) is 0 Å². The number of amides is 1. The third-order valence-corrected chi connectivity index (χ3v) is 1.54. The van der Waals surface area contributed by atoms with Crippen LogP contribution in [0.25, 0.3) is 0 Å². The van der Waals surface area contributed by atoms with Crippen LogP contribution < -0.4 is 5.32 Å². The maximum atomic E-state index is 10.9. The van der Waals surface area contributed by atoms with Gasteiger partial charge in [-0.15, -0.1) is 0 Å². The van der Waals surface area contributed by atoms with Crippen molar-refractivity contribution in [3.63, 3.8) is 0 Å². The minimum absolute atomic E-state index is 0.224. The Morgan fingerprint density at radius 2 is 2.23 bits per heavy atom. The molecule has 0 saturated heterocycles. The van der Waals surface area contributed by atoms with Crippen LogP contribution in [0, 0.1) is 0 Å². The van der Waals surface area contributed by atoms with Crippen molar-refractivity contribution in [2.24, 2.45) is 0 Å². The molecule has 0 aromatic carbocycles. The van der Waals surface area contributed by atoms with Gasteiger partial charge in [0.25, 0.3) is 0 Å². The first-order valence-corrected chi connectivity index (χ1v) is 4.57. The molecule has 4 nitrogen and oxygen atoms in total. The molecule has 0 heterocycles. The lowest BCUT2D eigenvalue weighted by atomic mass is 10.3. The molecule has 0 aromatic heterocycles. The average Bonchev–Trinajstić information content (AvgIpc) is 2.13. The minimum Gasteiger partial charge on any atom is -0.466 e. The first-order valence-electron chi connectivity index (χ1n) is 4.57. The molecule has 0 bridgehead atoms. The lowest BCUT2D eigenvalue weighted by Gasteiger charge is -2.02. The van der Waals surface area contributed by atoms with Crippen LogP contribution in [0.1, 0.15) is 32.6 Å². The summed E-state index contributed by atoms with van der Waals surface area (Å²) in [6, 6.07) is 0. The van der Waals surface area contributed by atoms with Gasteiger partial charge in [0.1, 0.15) is 0 Å². The number of hydrogen-bond donors (Lipinski definition) is 1. The summed E-state index contributed by atoms with van der Waals surface area (Å²) in [5, 5.41) is 2.27. The number of hydrogen-bond acceptors (Lipinski definition) is 3. The smallest absolute Gasteiger partial charge is 0.309 e. The number of carbonyl (C=O) groups is 1. The summed E-state index contributed by atoms with van der Waals surface area (Å²) in [6.07, 6.45) is 4.81. The third-order valence-electron chi connectivity index (χ3n) is 1.54. The summed E-state index contributed by atoms with van der Waals surface area (Å²) in [7, 11) is 0. The molecule has 0 aliphatic carbocycles. The van der Waals surface area contributed by atoms with E-state index in [0.717, 1.165) is 19.3 Å². The first kappa shape index (κ1) is 11.9. The highest BCUT2D eigenvalue weighted by Crippen LogP contribution is 1.95. The van der Waals surface area contributed by atoms with Gasteiger partial charge < -0.3 is 10.1 Å². The van der Waals surface area contributed by atoms with Gasteiger partial charge in [-0.25, -0.2) is 0 Å². The predicted octanol–water partition coefficient (Wildman–Crippen LogP) is 0.767. The van der Waals surface area contributed by atoms with E-state index in [1.807, 2.05) is 0 Å². The lowest BCUT2D eigenvalue weighted by molar-refractivity contribution is -0.143. The number of esters is 1. The second-order valence-electron chi connectivity index (χ2n) is 2.71. The molecule has 13 heavy (non-hydrogen) atoms. The van der Waals surface area contributed by atoms with Crippen LogP contribution >= 0.6 is 0 Å². The van der Waals surface area contributed by atoms with E-state index in [2.05, 4.69) is 12.2 Å². The maximum Gasteiger partial charge on any atom is 0.309 e. The Labute approximate surface area is 78.6 Å². The maximum absolute atomic E-state index is 10.9. The van der Waals surface area contributed by atoms with Crippen molar-refractivity contribution >= 4 is 12.4 Å². The number of nitrogens with one attached hydrogen (secondary N) is 1. The zero-order chi connectivity index (χ0) is 9.94. The van der Waals surface area contributed by atoms with Gasteiger partial charge in [0, 0.05) is 6.54 Å². The number of carbonyl (C=O) groups excluding carboxylic acids is 2. The quantitative estimate of drug-likeness (QED) is 0.346. The Hall–Kier alpha value is -1.06. The number of unbranched alkanes of at least 4 members (excludes halogenated alkanes) is 2. The van der Waals surface area contributed by atoms with Crippen LogP contribution in [0.4, 0.5) is 0 Å². The highest BCUT2D eigenvalue weighted by molar-refractivity contribution is 5.69. The van der Waals surface area contributed by atoms with E-state index >= 15 is 0 Å². The predicted molar refractivity (Wildman–Crippen MR) is 48.8 cm³/mol. The molecule has 0 aromatic rings. The van der Waals surface area contributed by atoms with Gasteiger partial charge in [-0.2, -0.15) is 0 Å². The van der Waals surface area contributed by atoms with Crippen molar-refractivity contribution in [2.75, 3.05) is 13.2 Å². The van der Waals surface area contributed by atoms with Crippen LogP contribution in [0.5, 0.6) is 0 Å². The highest BCUT2D eigenvalue weighted by Gasteiger charge is 2.00. The SMILES string of the molecule is CCCCCOC(=O)CCN[C]=O. The molecule has 0 saturated carbocycles. The molecule has 0 aliphatic rings. The molecule has 0 atom stereocenters. The van der Waals surface area contributed by atoms with E-state index in [1.54, 1.807) is 0 Å². The van der Waals surface area contributed by atoms with Crippen molar-refractivity contribution < 1.29 is 14.3 Å². The summed E-state index contributed by atoms with van der Waals surface area (Å²) < 4.78 is 4.88. The standard InChI is InChI=1S/C9H16NO3/c1-2-3-4-7-13-9(12)5-6-10-8-11/h2-7H2,1H3,(H,10,11). The van der Waals surface area contributed by atoms with Gasteiger partial charge in [0.2, 0.25) is 0 Å². The molecule has 4 heteroatoms. The largest absolute Gasteiger partial charge is 0.466 e. The van der Waals surface area contributed by atoms with Crippen molar-refractivity contribution in [1.82, 2.24) is 5.32 Å². The van der Waals surface area contributed by atoms with Crippen LogP contribution in [0.2, 0.25) is 0 Å². The van der Waals surface area contributed by atoms with E-state index < -0.39 is 0 Å². The average molecular weight is 186 g/mol. The summed E-state index contributed by atoms with van der Waals surface area (Å²) in [5.41, 5.74) is 0. The zero-order valence-electron chi connectivity index (χ0n) is 7.97. The monoisotopic (exact) mass is 186 g/mol. The van der Waals surface area contributed by atoms with Gasteiger partial charge in [0.15, 0.2) is 0 Å². The van der Waals surface area contributed by atoms with Crippen molar-refractivity contribution in [3.8, 4) is 0 Å². The molecular weight excluding hydrogens is 170 g/mol. The Kier molecular flexibility index (Phi) is 8.30. The van der Waals surface area contributed by atoms with Gasteiger partial charge >= 0.3 is 12.4 Å². The van der Waals surface area contributed by atoms with E-state index in [1.165, 1.54) is 6.41 Å². The summed E-state index contributed by atoms with van der Waals surface area (Å²) >= 11 is 0. The molecule has 0 spiro atoms. The fourth-order valence-electron chi connectivity index (χ4n) is 0.826. The second-order valence-corrected chi connectivity index (χ2v) is 2.71. The second kappa shape index (κ2) is 9.03. The molecule has 1 amide bonds. The Morgan fingerprint density at radius 1 is 1.46 bits per heavy atom. The lowest BCUT2D eigenvalue weighted by Crippen LogP contribution is -2.17.